The molecule has 2 aliphatic heterocycles. The summed E-state index contributed by atoms with van der Waals surface area (Å²) in [5, 5.41) is 0. The van der Waals surface area contributed by atoms with E-state index in [-0.39, 0.29) is 24.6 Å². The third-order valence-electron chi connectivity index (χ3n) is 4.29. The van der Waals surface area contributed by atoms with Crippen LogP contribution in [0.15, 0.2) is 30.3 Å². The molecule has 2 saturated heterocycles. The fourth-order valence-corrected chi connectivity index (χ4v) is 3.21. The number of rotatable bonds is 6. The lowest BCUT2D eigenvalue weighted by Crippen LogP contribution is -2.54. The van der Waals surface area contributed by atoms with Crippen LogP contribution >= 0.6 is 0 Å². The first-order valence-corrected chi connectivity index (χ1v) is 7.72. The van der Waals surface area contributed by atoms with E-state index in [0.717, 1.165) is 5.56 Å². The van der Waals surface area contributed by atoms with E-state index in [1.807, 2.05) is 30.3 Å². The van der Waals surface area contributed by atoms with Gasteiger partial charge in [0.25, 0.3) is 0 Å². The third kappa shape index (κ3) is 3.40. The monoisotopic (exact) mass is 322 g/mol. The van der Waals surface area contributed by atoms with Crippen molar-refractivity contribution in [2.75, 3.05) is 26.9 Å². The third-order valence-corrected chi connectivity index (χ3v) is 4.29. The molecule has 2 fully saturated rings. The number of ether oxygens (including phenoxy) is 5. The fourth-order valence-electron chi connectivity index (χ4n) is 3.21. The van der Waals surface area contributed by atoms with Gasteiger partial charge in [-0.1, -0.05) is 30.3 Å². The smallest absolute Gasteiger partial charge is 0.302 e. The van der Waals surface area contributed by atoms with Crippen LogP contribution in [0.1, 0.15) is 12.5 Å². The number of esters is 1. The second kappa shape index (κ2) is 6.97. The van der Waals surface area contributed by atoms with Crippen molar-refractivity contribution in [2.45, 2.75) is 31.5 Å². The van der Waals surface area contributed by atoms with E-state index in [0.29, 0.717) is 19.8 Å². The van der Waals surface area contributed by atoms with Gasteiger partial charge in [0.05, 0.1) is 25.7 Å². The van der Waals surface area contributed by atoms with Crippen molar-refractivity contribution in [3.8, 4) is 0 Å². The van der Waals surface area contributed by atoms with Crippen LogP contribution in [0.5, 0.6) is 0 Å². The van der Waals surface area contributed by atoms with Crippen molar-refractivity contribution in [1.82, 2.24) is 0 Å². The Bertz CT molecular complexity index is 533. The van der Waals surface area contributed by atoms with Crippen LogP contribution in [0.25, 0.3) is 0 Å². The maximum atomic E-state index is 11.2. The van der Waals surface area contributed by atoms with Gasteiger partial charge in [-0.05, 0) is 5.56 Å². The Kier molecular flexibility index (Phi) is 4.96. The summed E-state index contributed by atoms with van der Waals surface area (Å²) >= 11 is 0. The fraction of sp³-hybridized carbons (Fsp3) is 0.588. The van der Waals surface area contributed by atoms with Gasteiger partial charge in [0.2, 0.25) is 0 Å². The Morgan fingerprint density at radius 3 is 2.83 bits per heavy atom. The number of methoxy groups -OCH3 is 1. The molecule has 2 bridgehead atoms. The number of hydrogen-bond acceptors (Lipinski definition) is 6. The van der Waals surface area contributed by atoms with Gasteiger partial charge in [0.1, 0.15) is 12.7 Å². The molecular weight excluding hydrogens is 300 g/mol. The lowest BCUT2D eigenvalue weighted by Gasteiger charge is -2.37. The molecule has 1 aromatic rings. The van der Waals surface area contributed by atoms with Gasteiger partial charge < -0.3 is 23.7 Å². The lowest BCUT2D eigenvalue weighted by molar-refractivity contribution is -0.207. The van der Waals surface area contributed by atoms with Crippen LogP contribution in [0.4, 0.5) is 0 Å². The summed E-state index contributed by atoms with van der Waals surface area (Å²) in [7, 11) is 1.60. The van der Waals surface area contributed by atoms with E-state index >= 15 is 0 Å². The normalized spacial score (nSPS) is 32.7. The van der Waals surface area contributed by atoms with E-state index in [1.165, 1.54) is 6.92 Å². The van der Waals surface area contributed by atoms with Crippen LogP contribution in [0.2, 0.25) is 0 Å². The topological polar surface area (TPSA) is 63.2 Å². The Hall–Kier alpha value is -1.47. The molecule has 2 heterocycles. The van der Waals surface area contributed by atoms with Crippen LogP contribution in [0.3, 0.4) is 0 Å². The SMILES string of the molecule is COC1OC2(COC(C)=O)COCC1C2OCc1ccccc1. The zero-order valence-electron chi connectivity index (χ0n) is 13.4. The molecule has 4 unspecified atom stereocenters. The Morgan fingerprint density at radius 1 is 1.35 bits per heavy atom. The first kappa shape index (κ1) is 16.4. The minimum atomic E-state index is -0.815. The van der Waals surface area contributed by atoms with Crippen LogP contribution in [0, 0.1) is 5.92 Å². The Labute approximate surface area is 135 Å². The number of hydrogen-bond donors (Lipinski definition) is 0. The highest BCUT2D eigenvalue weighted by Gasteiger charge is 2.60. The summed E-state index contributed by atoms with van der Waals surface area (Å²) in [6.07, 6.45) is -0.672. The first-order chi connectivity index (χ1) is 11.1. The van der Waals surface area contributed by atoms with E-state index in [4.69, 9.17) is 23.7 Å². The molecule has 126 valence electrons. The molecule has 0 amide bonds. The Morgan fingerprint density at radius 2 is 2.13 bits per heavy atom. The zero-order valence-corrected chi connectivity index (χ0v) is 13.4. The summed E-state index contributed by atoms with van der Waals surface area (Å²) in [4.78, 5) is 11.2. The molecule has 2 aliphatic rings. The van der Waals surface area contributed by atoms with Crippen LogP contribution < -0.4 is 0 Å². The van der Waals surface area contributed by atoms with Gasteiger partial charge in [0, 0.05) is 14.0 Å². The standard InChI is InChI=1S/C17H22O6/c1-12(18)22-11-17-10-20-9-14(16(19-2)23-17)15(17)21-8-13-6-4-3-5-7-13/h3-7,14-16H,8-11H2,1-2H3. The highest BCUT2D eigenvalue weighted by atomic mass is 16.7. The van der Waals surface area contributed by atoms with Gasteiger partial charge in [-0.25, -0.2) is 0 Å². The molecular formula is C17H22O6. The second-order valence-electron chi connectivity index (χ2n) is 5.96. The number of carbonyl (C=O) groups excluding carboxylic acids is 1. The average molecular weight is 322 g/mol. The summed E-state index contributed by atoms with van der Waals surface area (Å²) in [6.45, 7) is 2.75. The summed E-state index contributed by atoms with van der Waals surface area (Å²) in [5.41, 5.74) is 0.263. The molecule has 4 atom stereocenters. The van der Waals surface area contributed by atoms with Gasteiger partial charge >= 0.3 is 5.97 Å². The minimum Gasteiger partial charge on any atom is -0.463 e. The van der Waals surface area contributed by atoms with Crippen molar-refractivity contribution in [1.29, 1.82) is 0 Å². The number of carbonyl (C=O) groups is 1. The molecule has 0 N–H and O–H groups in total. The molecule has 3 rings (SSSR count). The van der Waals surface area contributed by atoms with Crippen molar-refractivity contribution < 1.29 is 28.5 Å². The minimum absolute atomic E-state index is 0.0481. The largest absolute Gasteiger partial charge is 0.463 e. The summed E-state index contributed by atoms with van der Waals surface area (Å²) in [5.74, 6) is -0.402. The van der Waals surface area contributed by atoms with Crippen molar-refractivity contribution in [3.05, 3.63) is 35.9 Å². The molecule has 1 aromatic carbocycles. The van der Waals surface area contributed by atoms with Crippen molar-refractivity contribution in [3.63, 3.8) is 0 Å². The molecule has 23 heavy (non-hydrogen) atoms. The van der Waals surface area contributed by atoms with Crippen LogP contribution in [-0.2, 0) is 35.1 Å². The number of fused-ring (bicyclic) bond motifs is 2. The molecule has 0 aliphatic carbocycles. The van der Waals surface area contributed by atoms with Gasteiger partial charge in [0.15, 0.2) is 11.9 Å². The van der Waals surface area contributed by atoms with Crippen LogP contribution in [-0.4, -0.2) is 50.9 Å². The maximum absolute atomic E-state index is 11.2. The summed E-state index contributed by atoms with van der Waals surface area (Å²) in [6, 6.07) is 9.93. The highest BCUT2D eigenvalue weighted by Crippen LogP contribution is 2.42. The van der Waals surface area contributed by atoms with E-state index in [1.54, 1.807) is 7.11 Å². The quantitative estimate of drug-likeness (QED) is 0.740. The highest BCUT2D eigenvalue weighted by molar-refractivity contribution is 5.66. The molecule has 0 aromatic heterocycles. The summed E-state index contributed by atoms with van der Waals surface area (Å²) < 4.78 is 28.4. The predicted octanol–water partition coefficient (Wildman–Crippen LogP) is 1.52. The molecule has 0 spiro atoms. The lowest BCUT2D eigenvalue weighted by atomic mass is 9.89. The first-order valence-electron chi connectivity index (χ1n) is 7.72. The van der Waals surface area contributed by atoms with Gasteiger partial charge in [-0.15, -0.1) is 0 Å². The molecule has 6 heteroatoms. The molecule has 6 nitrogen and oxygen atoms in total. The molecule has 0 saturated carbocycles. The van der Waals surface area contributed by atoms with E-state index in [2.05, 4.69) is 0 Å². The van der Waals surface area contributed by atoms with Crippen molar-refractivity contribution >= 4 is 5.97 Å². The second-order valence-corrected chi connectivity index (χ2v) is 5.96. The predicted molar refractivity (Wildman–Crippen MR) is 80.6 cm³/mol. The number of benzene rings is 1. The van der Waals surface area contributed by atoms with Gasteiger partial charge in [-0.3, -0.25) is 4.79 Å². The van der Waals surface area contributed by atoms with E-state index in [9.17, 15) is 4.79 Å². The average Bonchev–Trinajstić information content (AvgIpc) is 2.73. The molecule has 0 radical (unpaired) electrons. The zero-order chi connectivity index (χ0) is 16.3. The maximum Gasteiger partial charge on any atom is 0.302 e. The Balaban J connectivity index is 1.75. The van der Waals surface area contributed by atoms with Crippen molar-refractivity contribution in [2.24, 2.45) is 5.92 Å². The van der Waals surface area contributed by atoms with Gasteiger partial charge in [-0.2, -0.15) is 0 Å². The van der Waals surface area contributed by atoms with E-state index < -0.39 is 11.9 Å².